The molecule has 13 heavy (non-hydrogen) atoms. The Balaban J connectivity index is 0. The van der Waals surface area contributed by atoms with Gasteiger partial charge in [-0.2, -0.15) is 0 Å². The van der Waals surface area contributed by atoms with Crippen molar-refractivity contribution >= 4 is 11.9 Å². The Bertz CT molecular complexity index is 208. The average Bonchev–Trinajstić information content (AvgIpc) is 2.05. The van der Waals surface area contributed by atoms with E-state index >= 15 is 0 Å². The summed E-state index contributed by atoms with van der Waals surface area (Å²) >= 11 is 0. The van der Waals surface area contributed by atoms with E-state index in [1.807, 2.05) is 0 Å². The maximum atomic E-state index is 10.4. The lowest BCUT2D eigenvalue weighted by Gasteiger charge is -2.06. The molecule has 0 spiro atoms. The molecule has 0 aliphatic rings. The first-order valence-corrected chi connectivity index (χ1v) is 3.59. The van der Waals surface area contributed by atoms with Crippen molar-refractivity contribution in [2.24, 2.45) is 5.73 Å². The smallest absolute Gasteiger partial charge is 0.325 e. The lowest BCUT2D eigenvalue weighted by molar-refractivity contribution is -0.141. The highest BCUT2D eigenvalue weighted by atomic mass is 16.4. The lowest BCUT2D eigenvalue weighted by Crippen LogP contribution is -2.41. The molecule has 4 N–H and O–H groups in total. The first-order chi connectivity index (χ1) is 5.99. The Labute approximate surface area is 77.3 Å². The van der Waals surface area contributed by atoms with Crippen molar-refractivity contribution in [1.82, 2.24) is 5.32 Å². The normalized spacial score (nSPS) is 10.0. The third-order valence-corrected chi connectivity index (χ3v) is 0.933. The van der Waals surface area contributed by atoms with E-state index < -0.39 is 17.9 Å². The van der Waals surface area contributed by atoms with E-state index in [4.69, 9.17) is 10.8 Å². The second-order valence-electron chi connectivity index (χ2n) is 2.12. The van der Waals surface area contributed by atoms with Crippen LogP contribution in [-0.4, -0.2) is 29.6 Å². The molecule has 0 saturated heterocycles. The van der Waals surface area contributed by atoms with Crippen molar-refractivity contribution in [2.45, 2.75) is 19.9 Å². The minimum Gasteiger partial charge on any atom is -0.480 e. The fourth-order valence-corrected chi connectivity index (χ4v) is 0.362. The summed E-state index contributed by atoms with van der Waals surface area (Å²) in [6, 6.07) is -0.865. The first-order valence-electron chi connectivity index (χ1n) is 3.59. The molecule has 0 aromatic carbocycles. The monoisotopic (exact) mass is 186 g/mol. The molecule has 0 rings (SSSR count). The number of carboxylic acid groups (broad SMARTS) is 1. The van der Waals surface area contributed by atoms with Gasteiger partial charge in [-0.3, -0.25) is 9.59 Å². The van der Waals surface area contributed by atoms with Crippen LogP contribution in [0.2, 0.25) is 0 Å². The molecule has 74 valence electrons. The molecule has 0 fully saturated rings. The summed E-state index contributed by atoms with van der Waals surface area (Å²) in [5, 5.41) is 10.4. The molecule has 0 radical (unpaired) electrons. The van der Waals surface area contributed by atoms with Crippen LogP contribution in [0.1, 0.15) is 13.8 Å². The number of rotatable bonds is 3. The molecule has 1 amide bonds. The van der Waals surface area contributed by atoms with Crippen LogP contribution >= 0.6 is 0 Å². The average molecular weight is 186 g/mol. The Morgan fingerprint density at radius 2 is 2.08 bits per heavy atom. The van der Waals surface area contributed by atoms with Gasteiger partial charge in [0.2, 0.25) is 5.91 Å². The van der Waals surface area contributed by atoms with Gasteiger partial charge in [-0.1, -0.05) is 0 Å². The standard InChI is InChI=1S/C5H10N2O3.C3H4/c1-3(5(9)10)7-4(8)2-6;1-3-2/h3H,2,6H2,1H3,(H,7,8)(H,9,10);1H,2H3. The zero-order valence-corrected chi connectivity index (χ0v) is 7.70. The first kappa shape index (κ1) is 14.0. The third kappa shape index (κ3) is 10.5. The second-order valence-corrected chi connectivity index (χ2v) is 2.12. The highest BCUT2D eigenvalue weighted by Crippen LogP contribution is 1.78. The van der Waals surface area contributed by atoms with Gasteiger partial charge in [0.1, 0.15) is 6.04 Å². The number of aliphatic carboxylic acids is 1. The number of hydrogen-bond donors (Lipinski definition) is 3. The van der Waals surface area contributed by atoms with Crippen molar-refractivity contribution in [2.75, 3.05) is 6.54 Å². The minimum atomic E-state index is -1.07. The third-order valence-electron chi connectivity index (χ3n) is 0.933. The van der Waals surface area contributed by atoms with Gasteiger partial charge < -0.3 is 16.2 Å². The number of nitrogens with one attached hydrogen (secondary N) is 1. The number of nitrogens with two attached hydrogens (primary N) is 1. The predicted octanol–water partition coefficient (Wildman–Crippen LogP) is -0.826. The van der Waals surface area contributed by atoms with Crippen molar-refractivity contribution in [3.05, 3.63) is 0 Å². The fourth-order valence-electron chi connectivity index (χ4n) is 0.362. The summed E-state index contributed by atoms with van der Waals surface area (Å²) in [7, 11) is 0. The molecule has 1 atom stereocenters. The number of amides is 1. The number of hydrogen-bond acceptors (Lipinski definition) is 3. The van der Waals surface area contributed by atoms with Gasteiger partial charge in [-0.05, 0) is 13.8 Å². The largest absolute Gasteiger partial charge is 0.480 e. The molecule has 0 saturated carbocycles. The molecular formula is C8H14N2O3. The second kappa shape index (κ2) is 8.56. The number of carbonyl (C=O) groups is 2. The highest BCUT2D eigenvalue weighted by Gasteiger charge is 2.11. The maximum Gasteiger partial charge on any atom is 0.325 e. The summed E-state index contributed by atoms with van der Waals surface area (Å²) in [4.78, 5) is 20.5. The molecule has 5 nitrogen and oxygen atoms in total. The van der Waals surface area contributed by atoms with Crippen LogP contribution in [-0.2, 0) is 9.59 Å². The molecule has 0 aromatic rings. The Morgan fingerprint density at radius 3 is 2.31 bits per heavy atom. The van der Waals surface area contributed by atoms with Crippen molar-refractivity contribution in [1.29, 1.82) is 0 Å². The lowest BCUT2D eigenvalue weighted by atomic mass is 10.3. The van der Waals surface area contributed by atoms with Gasteiger partial charge in [-0.25, -0.2) is 0 Å². The van der Waals surface area contributed by atoms with E-state index in [1.165, 1.54) is 6.92 Å². The number of carbonyl (C=O) groups excluding carboxylic acids is 1. The predicted molar refractivity (Wildman–Crippen MR) is 48.8 cm³/mol. The number of carboxylic acids is 1. The summed E-state index contributed by atoms with van der Waals surface area (Å²) in [5.74, 6) is 0.719. The zero-order valence-electron chi connectivity index (χ0n) is 7.70. The van der Waals surface area contributed by atoms with Crippen molar-refractivity contribution < 1.29 is 14.7 Å². The van der Waals surface area contributed by atoms with Crippen molar-refractivity contribution in [3.8, 4) is 12.3 Å². The molecule has 0 aliphatic carbocycles. The van der Waals surface area contributed by atoms with E-state index in [1.54, 1.807) is 6.92 Å². The SMILES string of the molecule is C#CC.CC(NC(=O)CN)C(=O)O. The summed E-state index contributed by atoms with van der Waals surface area (Å²) < 4.78 is 0. The van der Waals surface area contributed by atoms with Gasteiger partial charge in [0.05, 0.1) is 6.54 Å². The van der Waals surface area contributed by atoms with Gasteiger partial charge >= 0.3 is 5.97 Å². The van der Waals surface area contributed by atoms with Gasteiger partial charge in [0, 0.05) is 0 Å². The molecule has 0 aromatic heterocycles. The zero-order chi connectivity index (χ0) is 10.9. The van der Waals surface area contributed by atoms with Crippen LogP contribution in [0, 0.1) is 12.3 Å². The number of terminal acetylenes is 1. The summed E-state index contributed by atoms with van der Waals surface area (Å²) in [6.45, 7) is 2.84. The molecular weight excluding hydrogens is 172 g/mol. The van der Waals surface area contributed by atoms with Crippen LogP contribution in [0.4, 0.5) is 0 Å². The minimum absolute atomic E-state index is 0.183. The summed E-state index contributed by atoms with van der Waals surface area (Å²) in [6.07, 6.45) is 4.60. The molecule has 0 heterocycles. The summed E-state index contributed by atoms with van der Waals surface area (Å²) in [5.41, 5.74) is 4.92. The Morgan fingerprint density at radius 1 is 1.69 bits per heavy atom. The maximum absolute atomic E-state index is 10.4. The highest BCUT2D eigenvalue weighted by molar-refractivity contribution is 5.84. The van der Waals surface area contributed by atoms with E-state index in [-0.39, 0.29) is 6.54 Å². The molecule has 5 heteroatoms. The molecule has 0 bridgehead atoms. The van der Waals surface area contributed by atoms with Gasteiger partial charge in [-0.15, -0.1) is 12.3 Å². The van der Waals surface area contributed by atoms with E-state index in [9.17, 15) is 9.59 Å². The van der Waals surface area contributed by atoms with Crippen LogP contribution < -0.4 is 11.1 Å². The molecule has 1 unspecified atom stereocenters. The van der Waals surface area contributed by atoms with Crippen LogP contribution in [0.25, 0.3) is 0 Å². The fraction of sp³-hybridized carbons (Fsp3) is 0.500. The van der Waals surface area contributed by atoms with Crippen molar-refractivity contribution in [3.63, 3.8) is 0 Å². The van der Waals surface area contributed by atoms with Gasteiger partial charge in [0.15, 0.2) is 0 Å². The van der Waals surface area contributed by atoms with Gasteiger partial charge in [0.25, 0.3) is 0 Å². The van der Waals surface area contributed by atoms with Crippen LogP contribution in [0.3, 0.4) is 0 Å². The topological polar surface area (TPSA) is 92.4 Å². The van der Waals surface area contributed by atoms with E-state index in [2.05, 4.69) is 17.7 Å². The van der Waals surface area contributed by atoms with Crippen LogP contribution in [0.15, 0.2) is 0 Å². The Hall–Kier alpha value is -1.54. The van der Waals surface area contributed by atoms with E-state index in [0.717, 1.165) is 0 Å². The van der Waals surface area contributed by atoms with E-state index in [0.29, 0.717) is 0 Å². The molecule has 0 aliphatic heterocycles. The van der Waals surface area contributed by atoms with Crippen LogP contribution in [0.5, 0.6) is 0 Å². The quantitative estimate of drug-likeness (QED) is 0.502. The Kier molecular flexibility index (Phi) is 9.22.